The second-order valence-electron chi connectivity index (χ2n) is 7.81. The molecule has 166 valence electrons. The van der Waals surface area contributed by atoms with Gasteiger partial charge < -0.3 is 14.4 Å². The summed E-state index contributed by atoms with van der Waals surface area (Å²) < 4.78 is 38.5. The average Bonchev–Trinajstić information content (AvgIpc) is 2.77. The highest BCUT2D eigenvalue weighted by atomic mass is 19.1. The first-order chi connectivity index (χ1) is 15.3. The number of rotatable bonds is 5. The van der Waals surface area contributed by atoms with E-state index in [1.807, 2.05) is 6.08 Å². The van der Waals surface area contributed by atoms with Crippen molar-refractivity contribution in [3.63, 3.8) is 0 Å². The molecule has 0 radical (unpaired) electrons. The Kier molecular flexibility index (Phi) is 6.14. The molecule has 2 aromatic carbocycles. The molecule has 0 saturated heterocycles. The monoisotopic (exact) mass is 439 g/mol. The highest BCUT2D eigenvalue weighted by Gasteiger charge is 2.20. The molecular weight excluding hydrogens is 416 g/mol. The van der Waals surface area contributed by atoms with Crippen molar-refractivity contribution in [3.05, 3.63) is 71.1 Å². The van der Waals surface area contributed by atoms with Gasteiger partial charge in [-0.2, -0.15) is 0 Å². The number of benzene rings is 2. The number of carbonyl (C=O) groups excluding carboxylic acids is 1. The number of carbonyl (C=O) groups is 1. The van der Waals surface area contributed by atoms with Crippen LogP contribution in [0.1, 0.15) is 41.1 Å². The smallest absolute Gasteiger partial charge is 0.253 e. The number of nitrogens with zero attached hydrogens (tertiary/aromatic N) is 3. The number of hydrogen-bond acceptors (Lipinski definition) is 5. The molecule has 0 N–H and O–H groups in total. The third-order valence-electron chi connectivity index (χ3n) is 5.21. The number of aromatic nitrogens is 2. The van der Waals surface area contributed by atoms with Crippen molar-refractivity contribution < 1.29 is 23.0 Å². The summed E-state index contributed by atoms with van der Waals surface area (Å²) in [6.07, 6.45) is 3.72. The Hall–Kier alpha value is -3.39. The van der Waals surface area contributed by atoms with Crippen LogP contribution in [0.4, 0.5) is 8.78 Å². The summed E-state index contributed by atoms with van der Waals surface area (Å²) in [4.78, 5) is 23.5. The lowest BCUT2D eigenvalue weighted by Gasteiger charge is -2.20. The quantitative estimate of drug-likeness (QED) is 0.584. The first-order valence-electron chi connectivity index (χ1n) is 10.2. The van der Waals surface area contributed by atoms with Gasteiger partial charge in [0.25, 0.3) is 5.91 Å². The third kappa shape index (κ3) is 4.60. The van der Waals surface area contributed by atoms with Gasteiger partial charge in [-0.25, -0.2) is 13.8 Å². The zero-order valence-electron chi connectivity index (χ0n) is 18.1. The Morgan fingerprint density at radius 1 is 1.16 bits per heavy atom. The standard InChI is InChI=1S/C24H23F2N3O3/c1-14(32-19-11-17(25)10-18(26)12-19)20-8-16(24(30)29(2)3)9-21-23(20)28-22(13-27-21)15-4-6-31-7-5-15/h4,8-14H,5-7H2,1-3H3. The van der Waals surface area contributed by atoms with Gasteiger partial charge in [-0.3, -0.25) is 9.78 Å². The Bertz CT molecular complexity index is 1190. The van der Waals surface area contributed by atoms with E-state index in [-0.39, 0.29) is 11.7 Å². The summed E-state index contributed by atoms with van der Waals surface area (Å²) in [6, 6.07) is 6.39. The highest BCUT2D eigenvalue weighted by Crippen LogP contribution is 2.30. The lowest BCUT2D eigenvalue weighted by molar-refractivity contribution is 0.0827. The van der Waals surface area contributed by atoms with Gasteiger partial charge in [-0.15, -0.1) is 0 Å². The summed E-state index contributed by atoms with van der Waals surface area (Å²) >= 11 is 0. The minimum Gasteiger partial charge on any atom is -0.486 e. The van der Waals surface area contributed by atoms with Crippen LogP contribution in [-0.4, -0.2) is 48.1 Å². The van der Waals surface area contributed by atoms with Crippen LogP contribution >= 0.6 is 0 Å². The molecule has 1 aliphatic heterocycles. The number of fused-ring (bicyclic) bond motifs is 1. The molecule has 2 heterocycles. The van der Waals surface area contributed by atoms with Crippen LogP contribution in [0.2, 0.25) is 0 Å². The lowest BCUT2D eigenvalue weighted by atomic mass is 10.0. The zero-order valence-corrected chi connectivity index (χ0v) is 18.1. The van der Waals surface area contributed by atoms with E-state index in [2.05, 4.69) is 4.98 Å². The van der Waals surface area contributed by atoms with E-state index in [4.69, 9.17) is 14.5 Å². The molecule has 6 nitrogen and oxygen atoms in total. The molecule has 0 fully saturated rings. The van der Waals surface area contributed by atoms with Crippen molar-refractivity contribution in [2.24, 2.45) is 0 Å². The Labute approximate surface area is 184 Å². The van der Waals surface area contributed by atoms with E-state index in [1.165, 1.54) is 4.90 Å². The van der Waals surface area contributed by atoms with Crippen LogP contribution in [0.15, 0.2) is 42.6 Å². The van der Waals surface area contributed by atoms with Gasteiger partial charge in [0.15, 0.2) is 0 Å². The molecule has 32 heavy (non-hydrogen) atoms. The molecule has 0 saturated carbocycles. The van der Waals surface area contributed by atoms with Crippen molar-refractivity contribution >= 4 is 22.5 Å². The van der Waals surface area contributed by atoms with Crippen LogP contribution in [0.3, 0.4) is 0 Å². The van der Waals surface area contributed by atoms with Crippen molar-refractivity contribution in [3.8, 4) is 5.75 Å². The molecule has 0 aliphatic carbocycles. The summed E-state index contributed by atoms with van der Waals surface area (Å²) in [5.41, 5.74) is 3.87. The van der Waals surface area contributed by atoms with E-state index < -0.39 is 17.7 Å². The minimum absolute atomic E-state index is 0.0451. The second kappa shape index (κ2) is 9.00. The molecule has 3 aromatic rings. The Morgan fingerprint density at radius 2 is 1.91 bits per heavy atom. The largest absolute Gasteiger partial charge is 0.486 e. The summed E-state index contributed by atoms with van der Waals surface area (Å²) in [5, 5.41) is 0. The van der Waals surface area contributed by atoms with Gasteiger partial charge in [0.05, 0.1) is 36.1 Å². The molecule has 1 amide bonds. The predicted molar refractivity (Wildman–Crippen MR) is 116 cm³/mol. The molecule has 1 aromatic heterocycles. The molecule has 8 heteroatoms. The van der Waals surface area contributed by atoms with Gasteiger partial charge in [-0.1, -0.05) is 6.08 Å². The van der Waals surface area contributed by atoms with Crippen molar-refractivity contribution in [1.82, 2.24) is 14.9 Å². The molecule has 4 rings (SSSR count). The van der Waals surface area contributed by atoms with Gasteiger partial charge in [-0.05, 0) is 31.1 Å². The van der Waals surface area contributed by atoms with E-state index in [9.17, 15) is 13.6 Å². The second-order valence-corrected chi connectivity index (χ2v) is 7.81. The summed E-state index contributed by atoms with van der Waals surface area (Å²) in [6.45, 7) is 2.87. The van der Waals surface area contributed by atoms with E-state index in [0.717, 1.165) is 35.9 Å². The highest BCUT2D eigenvalue weighted by molar-refractivity contribution is 5.98. The van der Waals surface area contributed by atoms with Gasteiger partial charge in [0, 0.05) is 43.4 Å². The van der Waals surface area contributed by atoms with Crippen LogP contribution in [0.25, 0.3) is 16.6 Å². The van der Waals surface area contributed by atoms with Crippen LogP contribution in [-0.2, 0) is 4.74 Å². The topological polar surface area (TPSA) is 64.5 Å². The zero-order chi connectivity index (χ0) is 22.8. The summed E-state index contributed by atoms with van der Waals surface area (Å²) in [5.74, 6) is -1.62. The van der Waals surface area contributed by atoms with Crippen LogP contribution in [0, 0.1) is 11.6 Å². The maximum absolute atomic E-state index is 13.6. The van der Waals surface area contributed by atoms with Gasteiger partial charge in [0.2, 0.25) is 0 Å². The van der Waals surface area contributed by atoms with E-state index >= 15 is 0 Å². The maximum Gasteiger partial charge on any atom is 0.253 e. The fraction of sp³-hybridized carbons (Fsp3) is 0.292. The van der Waals surface area contributed by atoms with Crippen molar-refractivity contribution in [1.29, 1.82) is 0 Å². The number of ether oxygens (including phenoxy) is 2. The number of hydrogen-bond donors (Lipinski definition) is 0. The Balaban J connectivity index is 1.81. The molecule has 1 atom stereocenters. The lowest BCUT2D eigenvalue weighted by Crippen LogP contribution is -2.22. The first-order valence-corrected chi connectivity index (χ1v) is 10.2. The van der Waals surface area contributed by atoms with Crippen LogP contribution in [0.5, 0.6) is 5.75 Å². The Morgan fingerprint density at radius 3 is 2.56 bits per heavy atom. The molecule has 1 aliphatic rings. The minimum atomic E-state index is -0.734. The first kappa shape index (κ1) is 21.8. The SMILES string of the molecule is CC(Oc1cc(F)cc(F)c1)c1cc(C(=O)N(C)C)cc2ncc(C3=CCOCC3)nc12. The van der Waals surface area contributed by atoms with Crippen molar-refractivity contribution in [2.75, 3.05) is 27.3 Å². The fourth-order valence-electron chi connectivity index (χ4n) is 3.61. The molecule has 1 unspecified atom stereocenters. The van der Waals surface area contributed by atoms with Gasteiger partial charge in [0.1, 0.15) is 23.5 Å². The molecule has 0 bridgehead atoms. The normalized spacial score (nSPS) is 14.7. The van der Waals surface area contributed by atoms with E-state index in [0.29, 0.717) is 35.4 Å². The fourth-order valence-corrected chi connectivity index (χ4v) is 3.61. The van der Waals surface area contributed by atoms with Crippen molar-refractivity contribution in [2.45, 2.75) is 19.4 Å². The predicted octanol–water partition coefficient (Wildman–Crippen LogP) is 4.55. The molecule has 0 spiro atoms. The number of halogens is 2. The van der Waals surface area contributed by atoms with Gasteiger partial charge >= 0.3 is 0 Å². The number of amides is 1. The summed E-state index contributed by atoms with van der Waals surface area (Å²) in [7, 11) is 3.32. The third-order valence-corrected chi connectivity index (χ3v) is 5.21. The average molecular weight is 439 g/mol. The van der Waals surface area contributed by atoms with Crippen LogP contribution < -0.4 is 4.74 Å². The maximum atomic E-state index is 13.6. The van der Waals surface area contributed by atoms with E-state index in [1.54, 1.807) is 39.3 Å². The molecular formula is C24H23F2N3O3.